The molecule has 0 spiro atoms. The van der Waals surface area contributed by atoms with Crippen LogP contribution < -0.4 is 5.73 Å². The van der Waals surface area contributed by atoms with Crippen LogP contribution in [0.1, 0.15) is 17.2 Å². The average molecular weight is 447 g/mol. The normalized spacial score (nSPS) is 12.8. The predicted octanol–water partition coefficient (Wildman–Crippen LogP) is 4.96. The van der Waals surface area contributed by atoms with Crippen molar-refractivity contribution in [3.05, 3.63) is 52.9 Å². The largest absolute Gasteiger partial charge is 0.320 e. The molecule has 2 N–H and O–H groups in total. The van der Waals surface area contributed by atoms with Crippen molar-refractivity contribution in [1.29, 1.82) is 0 Å². The first kappa shape index (κ1) is 13.7. The molecule has 0 aliphatic carbocycles. The van der Waals surface area contributed by atoms with E-state index < -0.39 is 11.9 Å². The minimum absolute atomic E-state index is 0.0721. The van der Waals surface area contributed by atoms with Crippen LogP contribution in [-0.2, 0) is 0 Å². The Bertz CT molecular complexity index is 560. The van der Waals surface area contributed by atoms with Crippen LogP contribution in [-0.4, -0.2) is 0 Å². The third kappa shape index (κ3) is 2.84. The number of halogens is 4. The van der Waals surface area contributed by atoms with Crippen molar-refractivity contribution in [2.45, 2.75) is 6.04 Å². The van der Waals surface area contributed by atoms with Crippen LogP contribution in [0.2, 0.25) is 5.02 Å². The molecule has 0 aliphatic heterocycles. The third-order valence-corrected chi connectivity index (χ3v) is 5.41. The summed E-state index contributed by atoms with van der Waals surface area (Å²) >= 11 is 12.8. The first-order valence-corrected chi connectivity index (χ1v) is 7.76. The second kappa shape index (κ2) is 5.52. The van der Waals surface area contributed by atoms with Crippen molar-refractivity contribution in [2.75, 3.05) is 0 Å². The van der Waals surface area contributed by atoms with E-state index in [1.54, 1.807) is 23.5 Å². The molecule has 2 aromatic rings. The van der Waals surface area contributed by atoms with Gasteiger partial charge in [0, 0.05) is 10.0 Å². The minimum Gasteiger partial charge on any atom is -0.320 e. The Hall–Kier alpha value is 0.310. The lowest BCUT2D eigenvalue weighted by atomic mass is 10.0. The lowest BCUT2D eigenvalue weighted by Crippen LogP contribution is -2.13. The standard InChI is InChI=1S/C11H7BrClFINS/c12-7-2-1-6(10(14)9(7)13)11(16)5-3-8(15)17-4-5/h1-4,11H,16H2. The summed E-state index contributed by atoms with van der Waals surface area (Å²) in [5.41, 5.74) is 7.35. The molecule has 0 saturated heterocycles. The molecule has 0 aliphatic rings. The number of rotatable bonds is 2. The maximum Gasteiger partial charge on any atom is 0.148 e. The van der Waals surface area contributed by atoms with E-state index in [0.717, 1.165) is 8.45 Å². The molecular weight excluding hydrogens is 439 g/mol. The summed E-state index contributed by atoms with van der Waals surface area (Å²) in [5.74, 6) is -0.463. The van der Waals surface area contributed by atoms with Gasteiger partial charge in [0.2, 0.25) is 0 Å². The quantitative estimate of drug-likeness (QED) is 0.512. The first-order valence-electron chi connectivity index (χ1n) is 4.63. The van der Waals surface area contributed by atoms with Crippen molar-refractivity contribution < 1.29 is 4.39 Å². The fraction of sp³-hybridized carbons (Fsp3) is 0.0909. The zero-order valence-corrected chi connectivity index (χ0v) is 13.7. The Labute approximate surface area is 129 Å². The summed E-state index contributed by atoms with van der Waals surface area (Å²) in [5, 5.41) is 2.00. The summed E-state index contributed by atoms with van der Waals surface area (Å²) < 4.78 is 15.6. The second-order valence-corrected chi connectivity index (χ2v) is 7.46. The van der Waals surface area contributed by atoms with E-state index >= 15 is 0 Å². The molecule has 1 aromatic carbocycles. The molecule has 17 heavy (non-hydrogen) atoms. The zero-order valence-electron chi connectivity index (χ0n) is 8.38. The first-order chi connectivity index (χ1) is 8.00. The third-order valence-electron chi connectivity index (χ3n) is 2.35. The number of hydrogen-bond acceptors (Lipinski definition) is 2. The van der Waals surface area contributed by atoms with E-state index in [1.165, 1.54) is 0 Å². The Morgan fingerprint density at radius 2 is 2.18 bits per heavy atom. The van der Waals surface area contributed by atoms with Gasteiger partial charge in [-0.2, -0.15) is 0 Å². The van der Waals surface area contributed by atoms with Gasteiger partial charge >= 0.3 is 0 Å². The second-order valence-electron chi connectivity index (χ2n) is 3.43. The van der Waals surface area contributed by atoms with Crippen LogP contribution in [0.3, 0.4) is 0 Å². The van der Waals surface area contributed by atoms with Crippen LogP contribution in [0, 0.1) is 8.70 Å². The molecule has 0 fully saturated rings. The average Bonchev–Trinajstić information content (AvgIpc) is 2.72. The van der Waals surface area contributed by atoms with E-state index in [1.807, 2.05) is 11.4 Å². The van der Waals surface area contributed by atoms with Gasteiger partial charge in [-0.15, -0.1) is 11.3 Å². The monoisotopic (exact) mass is 445 g/mol. The van der Waals surface area contributed by atoms with E-state index in [-0.39, 0.29) is 5.02 Å². The maximum atomic E-state index is 14.0. The predicted molar refractivity (Wildman–Crippen MR) is 82.2 cm³/mol. The van der Waals surface area contributed by atoms with Crippen LogP contribution >= 0.6 is 61.5 Å². The lowest BCUT2D eigenvalue weighted by Gasteiger charge is -2.13. The van der Waals surface area contributed by atoms with Crippen LogP contribution in [0.25, 0.3) is 0 Å². The van der Waals surface area contributed by atoms with E-state index in [0.29, 0.717) is 10.0 Å². The Balaban J connectivity index is 2.44. The molecule has 1 unspecified atom stereocenters. The van der Waals surface area contributed by atoms with Gasteiger partial charge in [0.25, 0.3) is 0 Å². The van der Waals surface area contributed by atoms with Crippen molar-refractivity contribution in [3.63, 3.8) is 0 Å². The van der Waals surface area contributed by atoms with Crippen molar-refractivity contribution in [1.82, 2.24) is 0 Å². The van der Waals surface area contributed by atoms with Gasteiger partial charge in [-0.25, -0.2) is 4.39 Å². The summed E-state index contributed by atoms with van der Waals surface area (Å²) in [4.78, 5) is 0. The van der Waals surface area contributed by atoms with E-state index in [2.05, 4.69) is 38.5 Å². The highest BCUT2D eigenvalue weighted by Crippen LogP contribution is 2.33. The summed E-state index contributed by atoms with van der Waals surface area (Å²) in [6.07, 6.45) is 0. The molecule has 1 heterocycles. The van der Waals surface area contributed by atoms with Crippen LogP contribution in [0.5, 0.6) is 0 Å². The molecule has 1 atom stereocenters. The highest BCUT2D eigenvalue weighted by molar-refractivity contribution is 14.1. The molecule has 6 heteroatoms. The maximum absolute atomic E-state index is 14.0. The topological polar surface area (TPSA) is 26.0 Å². The van der Waals surface area contributed by atoms with E-state index in [4.69, 9.17) is 17.3 Å². The summed E-state index contributed by atoms with van der Waals surface area (Å²) in [6, 6.07) is 4.82. The number of benzene rings is 1. The van der Waals surface area contributed by atoms with Gasteiger partial charge in [-0.1, -0.05) is 17.7 Å². The fourth-order valence-corrected chi connectivity index (χ4v) is 3.33. The van der Waals surface area contributed by atoms with Crippen molar-refractivity contribution in [2.24, 2.45) is 5.73 Å². The Kier molecular flexibility index (Phi) is 4.46. The number of thiophene rings is 1. The summed E-state index contributed by atoms with van der Waals surface area (Å²) in [7, 11) is 0. The lowest BCUT2D eigenvalue weighted by molar-refractivity contribution is 0.599. The van der Waals surface area contributed by atoms with Gasteiger partial charge in [-0.05, 0) is 61.6 Å². The zero-order chi connectivity index (χ0) is 12.6. The molecule has 0 radical (unpaired) electrons. The highest BCUT2D eigenvalue weighted by atomic mass is 127. The fourth-order valence-electron chi connectivity index (χ4n) is 1.45. The molecule has 2 rings (SSSR count). The van der Waals surface area contributed by atoms with Crippen LogP contribution in [0.4, 0.5) is 4.39 Å². The van der Waals surface area contributed by atoms with Gasteiger partial charge in [0.15, 0.2) is 0 Å². The Morgan fingerprint density at radius 1 is 1.47 bits per heavy atom. The molecule has 0 bridgehead atoms. The minimum atomic E-state index is -0.486. The SMILES string of the molecule is NC(c1csc(I)c1)c1ccc(Br)c(Cl)c1F. The molecule has 0 saturated carbocycles. The van der Waals surface area contributed by atoms with Crippen LogP contribution in [0.15, 0.2) is 28.1 Å². The van der Waals surface area contributed by atoms with Crippen molar-refractivity contribution in [3.8, 4) is 0 Å². The molecule has 1 nitrogen and oxygen atoms in total. The smallest absolute Gasteiger partial charge is 0.148 e. The van der Waals surface area contributed by atoms with Gasteiger partial charge < -0.3 is 5.73 Å². The highest BCUT2D eigenvalue weighted by Gasteiger charge is 2.18. The van der Waals surface area contributed by atoms with Gasteiger partial charge in [0.1, 0.15) is 5.82 Å². The van der Waals surface area contributed by atoms with Gasteiger partial charge in [0.05, 0.1) is 13.9 Å². The summed E-state index contributed by atoms with van der Waals surface area (Å²) in [6.45, 7) is 0. The molecule has 1 aromatic heterocycles. The van der Waals surface area contributed by atoms with Gasteiger partial charge in [-0.3, -0.25) is 0 Å². The number of nitrogens with two attached hydrogens (primary N) is 1. The number of hydrogen-bond donors (Lipinski definition) is 1. The molecule has 90 valence electrons. The molecular formula is C11H7BrClFINS. The van der Waals surface area contributed by atoms with Crippen molar-refractivity contribution >= 4 is 61.5 Å². The molecule has 0 amide bonds. The Morgan fingerprint density at radius 3 is 2.76 bits per heavy atom. The van der Waals surface area contributed by atoms with E-state index in [9.17, 15) is 4.39 Å².